The van der Waals surface area contributed by atoms with Crippen molar-refractivity contribution in [2.75, 3.05) is 7.11 Å². The van der Waals surface area contributed by atoms with Gasteiger partial charge < -0.3 is 14.2 Å². The maximum absolute atomic E-state index is 6.15. The van der Waals surface area contributed by atoms with Gasteiger partial charge in [0, 0.05) is 12.8 Å². The van der Waals surface area contributed by atoms with E-state index in [1.807, 2.05) is 19.1 Å². The first-order chi connectivity index (χ1) is 9.32. The van der Waals surface area contributed by atoms with Crippen molar-refractivity contribution in [3.63, 3.8) is 0 Å². The van der Waals surface area contributed by atoms with E-state index in [1.165, 1.54) is 5.56 Å². The van der Waals surface area contributed by atoms with Gasteiger partial charge in [0.2, 0.25) is 0 Å². The molecule has 1 fully saturated rings. The van der Waals surface area contributed by atoms with Crippen molar-refractivity contribution in [1.29, 1.82) is 0 Å². The van der Waals surface area contributed by atoms with Crippen molar-refractivity contribution in [1.82, 2.24) is 0 Å². The lowest BCUT2D eigenvalue weighted by atomic mass is 9.96. The standard InChI is InChI=1S/C17H26O3/c1-13-12-16(2,3)20-17(4,19-13)11-10-14-6-8-15(18-5)9-7-14/h6-9,13H,10-12H2,1-5H3/t13-,17+/m1/s1. The van der Waals surface area contributed by atoms with Crippen LogP contribution in [0.3, 0.4) is 0 Å². The summed E-state index contributed by atoms with van der Waals surface area (Å²) >= 11 is 0. The van der Waals surface area contributed by atoms with Crippen LogP contribution in [0.5, 0.6) is 5.75 Å². The summed E-state index contributed by atoms with van der Waals surface area (Å²) in [4.78, 5) is 0. The lowest BCUT2D eigenvalue weighted by Crippen LogP contribution is -2.50. The molecule has 112 valence electrons. The molecule has 0 aromatic heterocycles. The largest absolute Gasteiger partial charge is 0.497 e. The summed E-state index contributed by atoms with van der Waals surface area (Å²) in [5.74, 6) is 0.390. The molecule has 0 saturated carbocycles. The van der Waals surface area contributed by atoms with E-state index in [-0.39, 0.29) is 11.7 Å². The van der Waals surface area contributed by atoms with E-state index in [4.69, 9.17) is 14.2 Å². The van der Waals surface area contributed by atoms with Gasteiger partial charge in [0.15, 0.2) is 5.79 Å². The topological polar surface area (TPSA) is 27.7 Å². The van der Waals surface area contributed by atoms with E-state index in [2.05, 4.69) is 32.9 Å². The van der Waals surface area contributed by atoms with Crippen molar-refractivity contribution >= 4 is 0 Å². The predicted molar refractivity (Wildman–Crippen MR) is 80.0 cm³/mol. The zero-order valence-corrected chi connectivity index (χ0v) is 13.2. The molecule has 0 radical (unpaired) electrons. The van der Waals surface area contributed by atoms with Crippen LogP contribution >= 0.6 is 0 Å². The second-order valence-electron chi connectivity index (χ2n) is 6.48. The predicted octanol–water partition coefficient (Wildman–Crippen LogP) is 3.95. The van der Waals surface area contributed by atoms with Gasteiger partial charge in [0.05, 0.1) is 18.8 Å². The Bertz CT molecular complexity index is 438. The summed E-state index contributed by atoms with van der Waals surface area (Å²) in [6, 6.07) is 8.18. The van der Waals surface area contributed by atoms with Gasteiger partial charge >= 0.3 is 0 Å². The van der Waals surface area contributed by atoms with Gasteiger partial charge in [0.1, 0.15) is 5.75 Å². The van der Waals surface area contributed by atoms with Gasteiger partial charge in [-0.25, -0.2) is 0 Å². The molecule has 1 aliphatic rings. The molecule has 0 aliphatic carbocycles. The molecule has 2 rings (SSSR count). The van der Waals surface area contributed by atoms with E-state index >= 15 is 0 Å². The van der Waals surface area contributed by atoms with E-state index in [1.54, 1.807) is 7.11 Å². The van der Waals surface area contributed by atoms with Crippen molar-refractivity contribution < 1.29 is 14.2 Å². The highest BCUT2D eigenvalue weighted by atomic mass is 16.7. The number of hydrogen-bond donors (Lipinski definition) is 0. The minimum absolute atomic E-state index is 0.119. The first kappa shape index (κ1) is 15.3. The maximum atomic E-state index is 6.15. The molecule has 0 bridgehead atoms. The zero-order chi connectivity index (χ0) is 14.8. The van der Waals surface area contributed by atoms with Gasteiger partial charge in [-0.15, -0.1) is 0 Å². The number of methoxy groups -OCH3 is 1. The third-order valence-electron chi connectivity index (χ3n) is 3.75. The second kappa shape index (κ2) is 5.74. The summed E-state index contributed by atoms with van der Waals surface area (Å²) in [6.45, 7) is 8.44. The number of rotatable bonds is 4. The Morgan fingerprint density at radius 2 is 1.85 bits per heavy atom. The van der Waals surface area contributed by atoms with Crippen LogP contribution in [0.25, 0.3) is 0 Å². The summed E-state index contributed by atoms with van der Waals surface area (Å²) in [6.07, 6.45) is 2.96. The molecule has 0 amide bonds. The molecule has 1 aromatic rings. The monoisotopic (exact) mass is 278 g/mol. The van der Waals surface area contributed by atoms with Crippen LogP contribution in [0.2, 0.25) is 0 Å². The average molecular weight is 278 g/mol. The van der Waals surface area contributed by atoms with Gasteiger partial charge in [-0.3, -0.25) is 0 Å². The normalized spacial score (nSPS) is 29.1. The minimum atomic E-state index is -0.499. The fraction of sp³-hybridized carbons (Fsp3) is 0.647. The molecule has 20 heavy (non-hydrogen) atoms. The van der Waals surface area contributed by atoms with Crippen LogP contribution in [0.4, 0.5) is 0 Å². The molecule has 0 N–H and O–H groups in total. The zero-order valence-electron chi connectivity index (χ0n) is 13.2. The molecular weight excluding hydrogens is 252 g/mol. The minimum Gasteiger partial charge on any atom is -0.497 e. The Hall–Kier alpha value is -1.06. The Labute approximate surface area is 122 Å². The molecule has 1 saturated heterocycles. The van der Waals surface area contributed by atoms with Crippen LogP contribution < -0.4 is 4.74 Å². The Morgan fingerprint density at radius 3 is 2.40 bits per heavy atom. The Balaban J connectivity index is 1.97. The van der Waals surface area contributed by atoms with Crippen molar-refractivity contribution in [2.45, 2.75) is 64.4 Å². The molecule has 3 nitrogen and oxygen atoms in total. The summed E-state index contributed by atoms with van der Waals surface area (Å²) < 4.78 is 17.4. The van der Waals surface area contributed by atoms with Crippen LogP contribution in [-0.4, -0.2) is 24.6 Å². The SMILES string of the molecule is COc1ccc(CC[C@@]2(C)O[C@H](C)CC(C)(C)O2)cc1. The lowest BCUT2D eigenvalue weighted by Gasteiger charge is -2.46. The van der Waals surface area contributed by atoms with E-state index < -0.39 is 5.79 Å². The van der Waals surface area contributed by atoms with Crippen molar-refractivity contribution in [3.8, 4) is 5.75 Å². The number of ether oxygens (including phenoxy) is 3. The highest BCUT2D eigenvalue weighted by Crippen LogP contribution is 2.36. The number of benzene rings is 1. The molecule has 0 unspecified atom stereocenters. The summed E-state index contributed by atoms with van der Waals surface area (Å²) in [5, 5.41) is 0. The second-order valence-corrected chi connectivity index (χ2v) is 6.48. The van der Waals surface area contributed by atoms with E-state index in [9.17, 15) is 0 Å². The van der Waals surface area contributed by atoms with Gasteiger partial charge in [-0.2, -0.15) is 0 Å². The van der Waals surface area contributed by atoms with Crippen molar-refractivity contribution in [2.24, 2.45) is 0 Å². The average Bonchev–Trinajstić information content (AvgIpc) is 2.34. The van der Waals surface area contributed by atoms with Crippen LogP contribution in [0.1, 0.15) is 46.1 Å². The highest BCUT2D eigenvalue weighted by molar-refractivity contribution is 5.27. The van der Waals surface area contributed by atoms with Crippen molar-refractivity contribution in [3.05, 3.63) is 29.8 Å². The molecule has 1 aromatic carbocycles. The first-order valence-corrected chi connectivity index (χ1v) is 7.33. The fourth-order valence-electron chi connectivity index (χ4n) is 3.08. The molecule has 0 spiro atoms. The molecule has 2 atom stereocenters. The lowest BCUT2D eigenvalue weighted by molar-refractivity contribution is -0.332. The molecular formula is C17H26O3. The third kappa shape index (κ3) is 3.97. The van der Waals surface area contributed by atoms with Crippen LogP contribution in [0.15, 0.2) is 24.3 Å². The number of hydrogen-bond acceptors (Lipinski definition) is 3. The van der Waals surface area contributed by atoms with Gasteiger partial charge in [-0.1, -0.05) is 12.1 Å². The van der Waals surface area contributed by atoms with Crippen LogP contribution in [0, 0.1) is 0 Å². The van der Waals surface area contributed by atoms with Crippen LogP contribution in [-0.2, 0) is 15.9 Å². The highest BCUT2D eigenvalue weighted by Gasteiger charge is 2.41. The number of aryl methyl sites for hydroxylation is 1. The summed E-state index contributed by atoms with van der Waals surface area (Å²) in [7, 11) is 1.68. The Morgan fingerprint density at radius 1 is 1.20 bits per heavy atom. The van der Waals surface area contributed by atoms with Gasteiger partial charge in [-0.05, 0) is 51.8 Å². The quantitative estimate of drug-likeness (QED) is 0.834. The first-order valence-electron chi connectivity index (χ1n) is 7.33. The fourth-order valence-corrected chi connectivity index (χ4v) is 3.08. The molecule has 3 heteroatoms. The molecule has 1 aliphatic heterocycles. The van der Waals surface area contributed by atoms with Gasteiger partial charge in [0.25, 0.3) is 0 Å². The Kier molecular flexibility index (Phi) is 4.40. The van der Waals surface area contributed by atoms with E-state index in [0.717, 1.165) is 25.0 Å². The maximum Gasteiger partial charge on any atom is 0.166 e. The van der Waals surface area contributed by atoms with E-state index in [0.29, 0.717) is 0 Å². The summed E-state index contributed by atoms with van der Waals surface area (Å²) in [5.41, 5.74) is 1.15. The third-order valence-corrected chi connectivity index (χ3v) is 3.75. The molecule has 1 heterocycles. The smallest absolute Gasteiger partial charge is 0.166 e.